The van der Waals surface area contributed by atoms with E-state index in [4.69, 9.17) is 16.3 Å². The highest BCUT2D eigenvalue weighted by Gasteiger charge is 2.30. The van der Waals surface area contributed by atoms with E-state index in [0.717, 1.165) is 22.5 Å². The number of ether oxygens (including phenoxy) is 1. The molecule has 4 heteroatoms. The minimum absolute atomic E-state index is 0.0814. The van der Waals surface area contributed by atoms with Gasteiger partial charge in [-0.25, -0.2) is 0 Å². The van der Waals surface area contributed by atoms with Gasteiger partial charge >= 0.3 is 0 Å². The van der Waals surface area contributed by atoms with Gasteiger partial charge in [0.15, 0.2) is 0 Å². The summed E-state index contributed by atoms with van der Waals surface area (Å²) in [6.07, 6.45) is 3.82. The number of halogens is 1. The number of hydrogen-bond donors (Lipinski definition) is 0. The molecule has 0 saturated heterocycles. The Morgan fingerprint density at radius 1 is 0.929 bits per heavy atom. The highest BCUT2D eigenvalue weighted by molar-refractivity contribution is 6.30. The summed E-state index contributed by atoms with van der Waals surface area (Å²) in [5.74, 6) is 0.614. The van der Waals surface area contributed by atoms with E-state index in [-0.39, 0.29) is 5.91 Å². The molecule has 0 radical (unpaired) electrons. The molecule has 3 nitrogen and oxygen atoms in total. The fraction of sp³-hybridized carbons (Fsp3) is 0.0417. The van der Waals surface area contributed by atoms with E-state index in [9.17, 15) is 4.79 Å². The minimum atomic E-state index is -0.0814. The molecule has 1 aliphatic heterocycles. The van der Waals surface area contributed by atoms with Gasteiger partial charge in [0.2, 0.25) is 0 Å². The summed E-state index contributed by atoms with van der Waals surface area (Å²) in [6, 6.07) is 24.8. The van der Waals surface area contributed by atoms with Crippen molar-refractivity contribution in [2.24, 2.45) is 0 Å². The zero-order chi connectivity index (χ0) is 19.5. The fourth-order valence-corrected chi connectivity index (χ4v) is 3.31. The molecule has 0 bridgehead atoms. The molecule has 0 saturated carbocycles. The van der Waals surface area contributed by atoms with Gasteiger partial charge in [-0.05, 0) is 47.5 Å². The maximum absolute atomic E-state index is 13.3. The van der Waals surface area contributed by atoms with Crippen LogP contribution in [0.2, 0.25) is 5.02 Å². The predicted molar refractivity (Wildman–Crippen MR) is 114 cm³/mol. The van der Waals surface area contributed by atoms with Crippen LogP contribution in [0.25, 0.3) is 11.8 Å². The molecule has 1 aliphatic rings. The molecule has 0 aromatic heterocycles. The Balaban J connectivity index is 1.83. The third-order valence-electron chi connectivity index (χ3n) is 4.56. The highest BCUT2D eigenvalue weighted by Crippen LogP contribution is 2.36. The van der Waals surface area contributed by atoms with Gasteiger partial charge in [-0.15, -0.1) is 0 Å². The molecule has 0 aliphatic carbocycles. The lowest BCUT2D eigenvalue weighted by Gasteiger charge is -2.21. The summed E-state index contributed by atoms with van der Waals surface area (Å²) in [5, 5.41) is 0.654. The molecule has 1 heterocycles. The van der Waals surface area contributed by atoms with Gasteiger partial charge < -0.3 is 4.74 Å². The van der Waals surface area contributed by atoms with Crippen molar-refractivity contribution in [2.45, 2.75) is 0 Å². The second-order valence-electron chi connectivity index (χ2n) is 6.39. The van der Waals surface area contributed by atoms with Crippen LogP contribution in [0.3, 0.4) is 0 Å². The first kappa shape index (κ1) is 18.1. The molecule has 3 aromatic rings. The first-order valence-corrected chi connectivity index (χ1v) is 9.26. The van der Waals surface area contributed by atoms with Crippen molar-refractivity contribution in [3.63, 3.8) is 0 Å². The summed E-state index contributed by atoms with van der Waals surface area (Å²) in [6.45, 7) is 0. The number of amides is 1. The molecular weight excluding hydrogens is 370 g/mol. The van der Waals surface area contributed by atoms with Crippen molar-refractivity contribution in [3.05, 3.63) is 107 Å². The lowest BCUT2D eigenvalue weighted by Crippen LogP contribution is -2.24. The number of nitrogens with zero attached hydrogens (tertiary/aromatic N) is 1. The minimum Gasteiger partial charge on any atom is -0.497 e. The number of methoxy groups -OCH3 is 1. The van der Waals surface area contributed by atoms with Crippen LogP contribution in [-0.4, -0.2) is 13.0 Å². The van der Waals surface area contributed by atoms with E-state index in [1.807, 2.05) is 91.0 Å². The average molecular weight is 388 g/mol. The van der Waals surface area contributed by atoms with Crippen LogP contribution < -0.4 is 9.64 Å². The number of anilines is 1. The average Bonchev–Trinajstić information content (AvgIpc) is 3.05. The highest BCUT2D eigenvalue weighted by atomic mass is 35.5. The molecule has 0 N–H and O–H groups in total. The quantitative estimate of drug-likeness (QED) is 0.528. The van der Waals surface area contributed by atoms with Crippen LogP contribution in [-0.2, 0) is 4.79 Å². The van der Waals surface area contributed by atoms with E-state index in [0.29, 0.717) is 16.3 Å². The third kappa shape index (κ3) is 3.57. The maximum Gasteiger partial charge on any atom is 0.262 e. The molecule has 0 spiro atoms. The number of hydrogen-bond acceptors (Lipinski definition) is 2. The Morgan fingerprint density at radius 3 is 2.39 bits per heavy atom. The number of rotatable bonds is 4. The van der Waals surface area contributed by atoms with Crippen molar-refractivity contribution in [2.75, 3.05) is 12.0 Å². The predicted octanol–water partition coefficient (Wildman–Crippen LogP) is 5.82. The van der Waals surface area contributed by atoms with Crippen molar-refractivity contribution < 1.29 is 9.53 Å². The van der Waals surface area contributed by atoms with Gasteiger partial charge in [-0.3, -0.25) is 9.69 Å². The van der Waals surface area contributed by atoms with Gasteiger partial charge in [-0.1, -0.05) is 60.1 Å². The van der Waals surface area contributed by atoms with E-state index in [2.05, 4.69) is 0 Å². The van der Waals surface area contributed by atoms with Crippen molar-refractivity contribution in [3.8, 4) is 5.75 Å². The van der Waals surface area contributed by atoms with Crippen LogP contribution in [0.5, 0.6) is 5.75 Å². The first-order valence-electron chi connectivity index (χ1n) is 8.88. The molecule has 4 rings (SSSR count). The van der Waals surface area contributed by atoms with Crippen LogP contribution in [0.1, 0.15) is 11.1 Å². The monoisotopic (exact) mass is 387 g/mol. The largest absolute Gasteiger partial charge is 0.497 e. The van der Waals surface area contributed by atoms with Crippen molar-refractivity contribution in [1.29, 1.82) is 0 Å². The zero-order valence-electron chi connectivity index (χ0n) is 15.3. The Kier molecular flexibility index (Phi) is 5.00. The molecular formula is C24H18ClNO2. The molecule has 28 heavy (non-hydrogen) atoms. The Hall–Kier alpha value is -3.30. The van der Waals surface area contributed by atoms with Gasteiger partial charge in [0.1, 0.15) is 5.75 Å². The summed E-state index contributed by atoms with van der Waals surface area (Å²) < 4.78 is 5.34. The van der Waals surface area contributed by atoms with Gasteiger partial charge in [0.25, 0.3) is 5.91 Å². The standard InChI is InChI=1S/C24H18ClNO2/c1-28-22-9-5-8-21(16-22)26-23(18-10-12-20(25)13-11-18)15-19(24(26)27)14-17-6-3-2-4-7-17/h2-16H,1H3/b19-14+. The summed E-state index contributed by atoms with van der Waals surface area (Å²) in [4.78, 5) is 15.0. The molecule has 0 unspecified atom stereocenters. The van der Waals surface area contributed by atoms with E-state index in [1.54, 1.807) is 12.0 Å². The van der Waals surface area contributed by atoms with Crippen molar-refractivity contribution >= 4 is 35.0 Å². The summed E-state index contributed by atoms with van der Waals surface area (Å²) in [7, 11) is 1.61. The van der Waals surface area contributed by atoms with Crippen LogP contribution in [0.15, 0.2) is 90.5 Å². The lowest BCUT2D eigenvalue weighted by molar-refractivity contribution is -0.113. The molecule has 0 fully saturated rings. The second-order valence-corrected chi connectivity index (χ2v) is 6.83. The Labute approximate surface area is 169 Å². The van der Waals surface area contributed by atoms with Crippen LogP contribution in [0, 0.1) is 0 Å². The first-order chi connectivity index (χ1) is 13.7. The van der Waals surface area contributed by atoms with Gasteiger partial charge in [0.05, 0.1) is 18.5 Å². The zero-order valence-corrected chi connectivity index (χ0v) is 16.1. The summed E-state index contributed by atoms with van der Waals surface area (Å²) in [5.41, 5.74) is 4.07. The molecule has 0 atom stereocenters. The van der Waals surface area contributed by atoms with E-state index >= 15 is 0 Å². The SMILES string of the molecule is COc1cccc(N2C(=O)/C(=C/c3ccccc3)C=C2c2ccc(Cl)cc2)c1. The molecule has 138 valence electrons. The second kappa shape index (κ2) is 7.75. The smallest absolute Gasteiger partial charge is 0.262 e. The van der Waals surface area contributed by atoms with Gasteiger partial charge in [0, 0.05) is 16.7 Å². The van der Waals surface area contributed by atoms with E-state index < -0.39 is 0 Å². The maximum atomic E-state index is 13.3. The van der Waals surface area contributed by atoms with Crippen LogP contribution in [0.4, 0.5) is 5.69 Å². The van der Waals surface area contributed by atoms with Gasteiger partial charge in [-0.2, -0.15) is 0 Å². The number of carbonyl (C=O) groups excluding carboxylic acids is 1. The Morgan fingerprint density at radius 2 is 1.68 bits per heavy atom. The molecule has 1 amide bonds. The lowest BCUT2D eigenvalue weighted by atomic mass is 10.1. The topological polar surface area (TPSA) is 29.5 Å². The normalized spacial score (nSPS) is 15.1. The van der Waals surface area contributed by atoms with E-state index in [1.165, 1.54) is 0 Å². The molecule has 3 aromatic carbocycles. The fourth-order valence-electron chi connectivity index (χ4n) is 3.18. The van der Waals surface area contributed by atoms with Crippen LogP contribution >= 0.6 is 11.6 Å². The Bertz CT molecular complexity index is 1070. The number of carbonyl (C=O) groups is 1. The third-order valence-corrected chi connectivity index (χ3v) is 4.81. The summed E-state index contributed by atoms with van der Waals surface area (Å²) >= 11 is 6.05. The number of benzene rings is 3. The van der Waals surface area contributed by atoms with Crippen molar-refractivity contribution in [1.82, 2.24) is 0 Å².